The number of aryl methyl sites for hydroxylation is 2. The number of ether oxygens (including phenoxy) is 1. The second kappa shape index (κ2) is 11.1. The molecule has 1 N–H and O–H groups in total. The van der Waals surface area contributed by atoms with Gasteiger partial charge in [0.2, 0.25) is 5.91 Å². The summed E-state index contributed by atoms with van der Waals surface area (Å²) in [5.74, 6) is 0.0667. The predicted octanol–water partition coefficient (Wildman–Crippen LogP) is 6.86. The first-order valence-corrected chi connectivity index (χ1v) is 12.4. The molecule has 1 saturated carbocycles. The molecule has 3 rings (SSSR count). The van der Waals surface area contributed by atoms with Gasteiger partial charge in [0.15, 0.2) is 0 Å². The van der Waals surface area contributed by atoms with Crippen molar-refractivity contribution in [2.24, 2.45) is 5.92 Å². The van der Waals surface area contributed by atoms with Crippen LogP contribution < -0.4 is 5.32 Å². The van der Waals surface area contributed by atoms with Gasteiger partial charge in [0.05, 0.1) is 12.0 Å². The Morgan fingerprint density at radius 2 is 1.84 bits per heavy atom. The van der Waals surface area contributed by atoms with Crippen LogP contribution in [-0.2, 0) is 20.7 Å². The summed E-state index contributed by atoms with van der Waals surface area (Å²) in [6.45, 7) is 7.78. The largest absolute Gasteiger partial charge is 0.463 e. The molecule has 4 nitrogen and oxygen atoms in total. The van der Waals surface area contributed by atoms with Gasteiger partial charge in [0.25, 0.3) is 0 Å². The minimum absolute atomic E-state index is 0.0538. The van der Waals surface area contributed by atoms with Crippen LogP contribution in [0.4, 0.5) is 5.69 Å². The van der Waals surface area contributed by atoms with Gasteiger partial charge in [0, 0.05) is 16.6 Å². The Kier molecular flexibility index (Phi) is 8.52. The van der Waals surface area contributed by atoms with Crippen molar-refractivity contribution in [3.8, 4) is 0 Å². The molecule has 0 aromatic heterocycles. The average Bonchev–Trinajstić information content (AvgIpc) is 3.25. The molecule has 0 bridgehead atoms. The van der Waals surface area contributed by atoms with Crippen molar-refractivity contribution >= 4 is 33.5 Å². The number of rotatable bonds is 8. The number of hydrogen-bond donors (Lipinski definition) is 1. The molecule has 1 fully saturated rings. The van der Waals surface area contributed by atoms with E-state index in [-0.39, 0.29) is 23.9 Å². The molecule has 2 aromatic carbocycles. The van der Waals surface area contributed by atoms with Crippen LogP contribution in [0.25, 0.3) is 0 Å². The van der Waals surface area contributed by atoms with E-state index in [4.69, 9.17) is 4.74 Å². The Balaban J connectivity index is 1.78. The molecule has 1 aliphatic rings. The molecular formula is C27H34BrNO3. The molecule has 1 amide bonds. The molecule has 172 valence electrons. The number of benzene rings is 2. The van der Waals surface area contributed by atoms with Gasteiger partial charge in [-0.1, -0.05) is 53.0 Å². The molecule has 0 heterocycles. The molecule has 0 spiro atoms. The zero-order valence-electron chi connectivity index (χ0n) is 19.5. The van der Waals surface area contributed by atoms with Crippen molar-refractivity contribution in [2.45, 2.75) is 78.2 Å². The topological polar surface area (TPSA) is 55.4 Å². The highest BCUT2D eigenvalue weighted by molar-refractivity contribution is 9.10. The van der Waals surface area contributed by atoms with E-state index in [0.717, 1.165) is 45.3 Å². The van der Waals surface area contributed by atoms with Crippen LogP contribution in [0, 0.1) is 19.8 Å². The predicted molar refractivity (Wildman–Crippen MR) is 133 cm³/mol. The number of halogens is 1. The average molecular weight is 500 g/mol. The molecule has 1 aliphatic carbocycles. The van der Waals surface area contributed by atoms with Crippen LogP contribution in [0.15, 0.2) is 40.9 Å². The number of carbonyl (C=O) groups is 2. The maximum atomic E-state index is 13.6. The minimum atomic E-state index is -0.194. The van der Waals surface area contributed by atoms with Crippen molar-refractivity contribution < 1.29 is 14.3 Å². The van der Waals surface area contributed by atoms with Crippen LogP contribution >= 0.6 is 15.9 Å². The number of anilines is 1. The monoisotopic (exact) mass is 499 g/mol. The Morgan fingerprint density at radius 3 is 2.50 bits per heavy atom. The smallest absolute Gasteiger partial charge is 0.306 e. The summed E-state index contributed by atoms with van der Waals surface area (Å²) in [6.07, 6.45) is 5.37. The lowest BCUT2D eigenvalue weighted by molar-refractivity contribution is -0.147. The van der Waals surface area contributed by atoms with Crippen LogP contribution in [0.5, 0.6) is 0 Å². The van der Waals surface area contributed by atoms with Crippen LogP contribution in [-0.4, -0.2) is 18.0 Å². The summed E-state index contributed by atoms with van der Waals surface area (Å²) in [7, 11) is 0. The lowest BCUT2D eigenvalue weighted by atomic mass is 9.83. The van der Waals surface area contributed by atoms with E-state index < -0.39 is 0 Å². The Hall–Kier alpha value is -2.14. The third-order valence-electron chi connectivity index (χ3n) is 6.36. The summed E-state index contributed by atoms with van der Waals surface area (Å²) >= 11 is 3.57. The number of esters is 1. The Bertz CT molecular complexity index is 963. The summed E-state index contributed by atoms with van der Waals surface area (Å²) in [4.78, 5) is 25.5. The Labute approximate surface area is 200 Å². The second-order valence-electron chi connectivity index (χ2n) is 9.15. The van der Waals surface area contributed by atoms with Gasteiger partial charge in [-0.3, -0.25) is 9.59 Å². The lowest BCUT2D eigenvalue weighted by Crippen LogP contribution is -2.27. The quantitative estimate of drug-likeness (QED) is 0.403. The maximum Gasteiger partial charge on any atom is 0.306 e. The molecule has 0 radical (unpaired) electrons. The summed E-state index contributed by atoms with van der Waals surface area (Å²) in [6, 6.07) is 12.2. The number of amides is 1. The fourth-order valence-corrected chi connectivity index (χ4v) is 4.90. The van der Waals surface area contributed by atoms with Gasteiger partial charge in [-0.2, -0.15) is 0 Å². The summed E-state index contributed by atoms with van der Waals surface area (Å²) in [5.41, 5.74) is 5.11. The van der Waals surface area contributed by atoms with Crippen molar-refractivity contribution in [3.05, 3.63) is 63.1 Å². The van der Waals surface area contributed by atoms with Crippen molar-refractivity contribution in [1.29, 1.82) is 0 Å². The number of nitrogens with one attached hydrogen (secondary N) is 1. The fourth-order valence-electron chi connectivity index (χ4n) is 4.65. The van der Waals surface area contributed by atoms with Crippen LogP contribution in [0.3, 0.4) is 0 Å². The SMILES string of the molecule is Cc1cc(C(C(=O)Nc2cccc(CCC(=O)OC(C)C)c2C)C2CCCC2)ccc1Br. The van der Waals surface area contributed by atoms with Gasteiger partial charge in [-0.15, -0.1) is 0 Å². The molecule has 1 atom stereocenters. The second-order valence-corrected chi connectivity index (χ2v) is 10.0. The standard InChI is InChI=1S/C27H34BrNO3/c1-17(2)32-25(30)15-13-20-10-7-11-24(19(20)4)29-27(31)26(21-8-5-6-9-21)22-12-14-23(28)18(3)16-22/h7,10-12,14,16-17,21,26H,5-6,8-9,13,15H2,1-4H3,(H,29,31). The highest BCUT2D eigenvalue weighted by Gasteiger charge is 2.32. The van der Waals surface area contributed by atoms with Gasteiger partial charge >= 0.3 is 5.97 Å². The fraction of sp³-hybridized carbons (Fsp3) is 0.481. The highest BCUT2D eigenvalue weighted by Crippen LogP contribution is 2.39. The molecule has 32 heavy (non-hydrogen) atoms. The van der Waals surface area contributed by atoms with Gasteiger partial charge < -0.3 is 10.1 Å². The third-order valence-corrected chi connectivity index (χ3v) is 7.25. The highest BCUT2D eigenvalue weighted by atomic mass is 79.9. The normalized spacial score (nSPS) is 15.1. The molecule has 1 unspecified atom stereocenters. The lowest BCUT2D eigenvalue weighted by Gasteiger charge is -2.24. The number of carbonyl (C=O) groups excluding carboxylic acids is 2. The van der Waals surface area contributed by atoms with E-state index in [9.17, 15) is 9.59 Å². The van der Waals surface area contributed by atoms with E-state index in [1.807, 2.05) is 45.0 Å². The zero-order valence-corrected chi connectivity index (χ0v) is 21.1. The maximum absolute atomic E-state index is 13.6. The molecule has 5 heteroatoms. The van der Waals surface area contributed by atoms with Crippen LogP contribution in [0.1, 0.15) is 74.1 Å². The van der Waals surface area contributed by atoms with E-state index in [1.54, 1.807) is 0 Å². The third kappa shape index (κ3) is 6.22. The molecule has 0 aliphatic heterocycles. The van der Waals surface area contributed by atoms with E-state index >= 15 is 0 Å². The van der Waals surface area contributed by atoms with E-state index in [1.165, 1.54) is 12.8 Å². The van der Waals surface area contributed by atoms with Crippen molar-refractivity contribution in [3.63, 3.8) is 0 Å². The van der Waals surface area contributed by atoms with Crippen molar-refractivity contribution in [2.75, 3.05) is 5.32 Å². The first-order chi connectivity index (χ1) is 15.3. The summed E-state index contributed by atoms with van der Waals surface area (Å²) in [5, 5.41) is 3.21. The van der Waals surface area contributed by atoms with Gasteiger partial charge in [0.1, 0.15) is 0 Å². The summed E-state index contributed by atoms with van der Waals surface area (Å²) < 4.78 is 6.31. The molecule has 2 aromatic rings. The minimum Gasteiger partial charge on any atom is -0.463 e. The van der Waals surface area contributed by atoms with Gasteiger partial charge in [-0.05, 0) is 87.3 Å². The molecule has 0 saturated heterocycles. The van der Waals surface area contributed by atoms with Gasteiger partial charge in [-0.25, -0.2) is 0 Å². The van der Waals surface area contributed by atoms with Crippen molar-refractivity contribution in [1.82, 2.24) is 0 Å². The molecular weight excluding hydrogens is 466 g/mol. The Morgan fingerprint density at radius 1 is 1.12 bits per heavy atom. The zero-order chi connectivity index (χ0) is 23.3. The number of hydrogen-bond acceptors (Lipinski definition) is 3. The first kappa shape index (κ1) is 24.5. The van der Waals surface area contributed by atoms with Crippen LogP contribution in [0.2, 0.25) is 0 Å². The van der Waals surface area contributed by atoms with E-state index in [0.29, 0.717) is 18.8 Å². The van der Waals surface area contributed by atoms with E-state index in [2.05, 4.69) is 40.3 Å². The first-order valence-electron chi connectivity index (χ1n) is 11.6.